The highest BCUT2D eigenvalue weighted by Crippen LogP contribution is 2.40. The zero-order valence-corrected chi connectivity index (χ0v) is 22.4. The summed E-state index contributed by atoms with van der Waals surface area (Å²) >= 11 is 3.93. The van der Waals surface area contributed by atoms with Crippen molar-refractivity contribution in [1.82, 2.24) is 29.2 Å². The molecule has 202 valence electrons. The van der Waals surface area contributed by atoms with Crippen LogP contribution in [0, 0.1) is 0 Å². The Labute approximate surface area is 232 Å². The van der Waals surface area contributed by atoms with E-state index in [9.17, 15) is 19.5 Å². The number of hydrogen-bond donors (Lipinski definition) is 4. The second kappa shape index (κ2) is 10.0. The molecule has 2 saturated heterocycles. The Hall–Kier alpha value is -3.90. The Morgan fingerprint density at radius 1 is 1.33 bits per heavy atom. The lowest BCUT2D eigenvalue weighted by Gasteiger charge is -2.49. The summed E-state index contributed by atoms with van der Waals surface area (Å²) in [6.45, 7) is 0.194. The Morgan fingerprint density at radius 2 is 2.15 bits per heavy atom. The number of thioether (sulfide) groups is 2. The zero-order valence-electron chi connectivity index (χ0n) is 20.0. The SMILES string of the molecule is Nc1nc(/C(=N/OC2CSC2)C(=O)N[C@@H]2C(=O)N3C(C(=O)O)=C(C[n+]4cc(N)n5ncccc54)CS[C@H]23)ns1. The minimum absolute atomic E-state index is 0.0131. The molecule has 0 unspecified atom stereocenters. The molecule has 18 heteroatoms. The summed E-state index contributed by atoms with van der Waals surface area (Å²) in [7, 11) is 0. The number of carboxylic acids is 1. The van der Waals surface area contributed by atoms with Crippen molar-refractivity contribution in [2.24, 2.45) is 5.16 Å². The van der Waals surface area contributed by atoms with Gasteiger partial charge in [0.25, 0.3) is 17.6 Å². The van der Waals surface area contributed by atoms with Crippen molar-refractivity contribution in [3.63, 3.8) is 0 Å². The van der Waals surface area contributed by atoms with Crippen molar-refractivity contribution in [2.75, 3.05) is 28.7 Å². The fourth-order valence-corrected chi connectivity index (χ4v) is 6.64. The molecule has 2 atom stereocenters. The molecule has 3 aliphatic heterocycles. The van der Waals surface area contributed by atoms with E-state index in [1.165, 1.54) is 21.2 Å². The highest BCUT2D eigenvalue weighted by Gasteiger charge is 2.54. The highest BCUT2D eigenvalue weighted by atomic mass is 32.2. The van der Waals surface area contributed by atoms with Gasteiger partial charge < -0.3 is 26.7 Å². The minimum atomic E-state index is -1.24. The Kier molecular flexibility index (Phi) is 6.51. The van der Waals surface area contributed by atoms with Crippen LogP contribution in [0.25, 0.3) is 5.65 Å². The van der Waals surface area contributed by atoms with E-state index in [1.54, 1.807) is 40.9 Å². The van der Waals surface area contributed by atoms with E-state index in [2.05, 4.69) is 24.9 Å². The summed E-state index contributed by atoms with van der Waals surface area (Å²) in [5.74, 6) is -0.323. The van der Waals surface area contributed by atoms with Gasteiger partial charge in [-0.15, -0.1) is 11.8 Å². The van der Waals surface area contributed by atoms with Crippen LogP contribution in [-0.4, -0.2) is 87.3 Å². The van der Waals surface area contributed by atoms with Crippen LogP contribution in [0.4, 0.5) is 10.9 Å². The Balaban J connectivity index is 1.22. The summed E-state index contributed by atoms with van der Waals surface area (Å²) in [5.41, 5.74) is 12.6. The molecule has 3 aromatic heterocycles. The van der Waals surface area contributed by atoms with Crippen LogP contribution < -0.4 is 21.4 Å². The molecule has 2 amide bonds. The number of imidazole rings is 1. The lowest BCUT2D eigenvalue weighted by molar-refractivity contribution is -0.662. The number of nitrogen functional groups attached to an aromatic ring is 2. The molecule has 0 aliphatic carbocycles. The van der Waals surface area contributed by atoms with Gasteiger partial charge in [-0.2, -0.15) is 21.1 Å². The first-order chi connectivity index (χ1) is 18.8. The van der Waals surface area contributed by atoms with Crippen molar-refractivity contribution >= 4 is 75.1 Å². The van der Waals surface area contributed by atoms with Crippen molar-refractivity contribution in [3.8, 4) is 0 Å². The van der Waals surface area contributed by atoms with Gasteiger partial charge in [-0.1, -0.05) is 14.8 Å². The largest absolute Gasteiger partial charge is 0.477 e. The van der Waals surface area contributed by atoms with Crippen LogP contribution in [0.5, 0.6) is 0 Å². The quantitative estimate of drug-likeness (QED) is 0.107. The van der Waals surface area contributed by atoms with E-state index in [4.69, 9.17) is 16.3 Å². The zero-order chi connectivity index (χ0) is 27.3. The number of carbonyl (C=O) groups excluding carboxylic acids is 2. The molecule has 3 aliphatic rings. The van der Waals surface area contributed by atoms with Gasteiger partial charge in [-0.25, -0.2) is 9.36 Å². The van der Waals surface area contributed by atoms with E-state index in [0.717, 1.165) is 23.0 Å². The average Bonchev–Trinajstić information content (AvgIpc) is 3.46. The van der Waals surface area contributed by atoms with Crippen LogP contribution in [0.15, 0.2) is 41.0 Å². The number of carboxylic acid groups (broad SMARTS) is 1. The number of rotatable bonds is 8. The number of β-lactam (4-membered cyclic amide) rings is 1. The maximum absolute atomic E-state index is 13.2. The minimum Gasteiger partial charge on any atom is -0.477 e. The van der Waals surface area contributed by atoms with E-state index in [0.29, 0.717) is 22.8 Å². The normalized spacial score (nSPS) is 21.4. The second-order valence-electron chi connectivity index (χ2n) is 8.75. The summed E-state index contributed by atoms with van der Waals surface area (Å²) in [4.78, 5) is 49.3. The highest BCUT2D eigenvalue weighted by molar-refractivity contribution is 8.00. The summed E-state index contributed by atoms with van der Waals surface area (Å²) in [5, 5.41) is 20.4. The van der Waals surface area contributed by atoms with E-state index < -0.39 is 29.2 Å². The molecule has 0 saturated carbocycles. The van der Waals surface area contributed by atoms with Gasteiger partial charge in [-0.05, 0) is 6.07 Å². The average molecular weight is 590 g/mol. The number of hydrogen-bond acceptors (Lipinski definition) is 13. The van der Waals surface area contributed by atoms with Gasteiger partial charge in [0.1, 0.15) is 29.8 Å². The Morgan fingerprint density at radius 3 is 2.85 bits per heavy atom. The lowest BCUT2D eigenvalue weighted by atomic mass is 10.0. The number of anilines is 2. The molecule has 0 aromatic carbocycles. The van der Waals surface area contributed by atoms with Crippen LogP contribution in [0.3, 0.4) is 0 Å². The van der Waals surface area contributed by atoms with Crippen LogP contribution in [-0.2, 0) is 25.8 Å². The standard InChI is InChI=1S/C21H20N10O5S3/c22-11-5-29(12-2-1-3-24-31(11)12)4-9-6-38-19-14(18(33)30(19)15(9)20(34)35)25-17(32)13(16-26-21(23)39-28-16)27-36-10-7-37-8-10/h1-3,5,10,14,19H,4,6-8H2,(H5-,22,23,24,25,26,28,32,34,35)/p+1/b27-13-/t14-,19-/m1/s1. The molecular formula is C21H21N10O5S3+. The van der Waals surface area contributed by atoms with E-state index >= 15 is 0 Å². The van der Waals surface area contributed by atoms with Crippen molar-refractivity contribution in [1.29, 1.82) is 0 Å². The van der Waals surface area contributed by atoms with E-state index in [1.807, 2.05) is 0 Å². The number of fused-ring (bicyclic) bond motifs is 2. The predicted octanol–water partition coefficient (Wildman–Crippen LogP) is -1.09. The molecule has 15 nitrogen and oxygen atoms in total. The summed E-state index contributed by atoms with van der Waals surface area (Å²) in [6.07, 6.45) is 3.13. The topological polar surface area (TPSA) is 207 Å². The number of oxime groups is 1. The Bertz CT molecular complexity index is 1560. The molecule has 3 aromatic rings. The third kappa shape index (κ3) is 4.53. The lowest BCUT2D eigenvalue weighted by Crippen LogP contribution is -2.71. The van der Waals surface area contributed by atoms with Crippen LogP contribution in [0.1, 0.15) is 5.82 Å². The first-order valence-electron chi connectivity index (χ1n) is 11.6. The molecule has 6 N–H and O–H groups in total. The fraction of sp³-hybridized carbons (Fsp3) is 0.333. The molecular weight excluding hydrogens is 568 g/mol. The van der Waals surface area contributed by atoms with Crippen LogP contribution >= 0.6 is 35.1 Å². The van der Waals surface area contributed by atoms with Crippen molar-refractivity contribution < 1.29 is 28.9 Å². The first-order valence-corrected chi connectivity index (χ1v) is 14.5. The third-order valence-corrected chi connectivity index (χ3v) is 9.32. The number of nitrogens with zero attached hydrogens (tertiary/aromatic N) is 7. The van der Waals surface area contributed by atoms with Gasteiger partial charge in [0.15, 0.2) is 11.3 Å². The molecule has 0 bridgehead atoms. The van der Waals surface area contributed by atoms with Crippen molar-refractivity contribution in [2.45, 2.75) is 24.1 Å². The number of aromatic nitrogens is 5. The molecule has 6 rings (SSSR count). The maximum Gasteiger partial charge on any atom is 0.352 e. The maximum atomic E-state index is 13.2. The van der Waals surface area contributed by atoms with Gasteiger partial charge in [0, 0.05) is 40.4 Å². The molecule has 2 fully saturated rings. The predicted molar refractivity (Wildman–Crippen MR) is 143 cm³/mol. The number of amides is 2. The third-order valence-electron chi connectivity index (χ3n) is 6.22. The number of nitrogens with one attached hydrogen (secondary N) is 1. The summed E-state index contributed by atoms with van der Waals surface area (Å²) < 4.78 is 7.36. The smallest absolute Gasteiger partial charge is 0.352 e. The fourth-order valence-electron chi connectivity index (χ4n) is 4.32. The van der Waals surface area contributed by atoms with Gasteiger partial charge >= 0.3 is 11.6 Å². The second-order valence-corrected chi connectivity index (χ2v) is 11.7. The monoisotopic (exact) mass is 589 g/mol. The van der Waals surface area contributed by atoms with Crippen molar-refractivity contribution in [3.05, 3.63) is 41.6 Å². The molecule has 0 radical (unpaired) electrons. The number of aliphatic carboxylic acids is 1. The van der Waals surface area contributed by atoms with E-state index in [-0.39, 0.29) is 35.0 Å². The van der Waals surface area contributed by atoms with Gasteiger partial charge in [0.05, 0.1) is 6.20 Å². The number of nitrogens with two attached hydrogens (primary N) is 2. The first kappa shape index (κ1) is 25.4. The summed E-state index contributed by atoms with van der Waals surface area (Å²) in [6, 6.07) is 2.58. The molecule has 39 heavy (non-hydrogen) atoms. The number of carbonyl (C=O) groups is 3. The van der Waals surface area contributed by atoms with Gasteiger partial charge in [0.2, 0.25) is 11.5 Å². The van der Waals surface area contributed by atoms with Crippen LogP contribution in [0.2, 0.25) is 0 Å². The molecule has 6 heterocycles. The van der Waals surface area contributed by atoms with Gasteiger partial charge in [-0.3, -0.25) is 14.5 Å². The molecule has 0 spiro atoms.